The van der Waals surface area contributed by atoms with Gasteiger partial charge in [-0.05, 0) is 38.0 Å². The molecule has 5 rings (SSSR count). The fourth-order valence-electron chi connectivity index (χ4n) is 4.79. The van der Waals surface area contributed by atoms with Gasteiger partial charge in [-0.15, -0.1) is 0 Å². The summed E-state index contributed by atoms with van der Waals surface area (Å²) in [7, 11) is 0. The van der Waals surface area contributed by atoms with Gasteiger partial charge < -0.3 is 32.3 Å². The lowest BCUT2D eigenvalue weighted by molar-refractivity contribution is 0.0671. The van der Waals surface area contributed by atoms with E-state index in [2.05, 4.69) is 30.9 Å². The highest BCUT2D eigenvalue weighted by Crippen LogP contribution is 2.28. The molecule has 0 atom stereocenters. The van der Waals surface area contributed by atoms with Gasteiger partial charge in [0, 0.05) is 43.3 Å². The molecule has 2 aliphatic heterocycles. The molecule has 13 nitrogen and oxygen atoms in total. The Balaban J connectivity index is 1.26. The number of rotatable bonds is 3. The average Bonchev–Trinajstić information content (AvgIpc) is 3.50. The van der Waals surface area contributed by atoms with Gasteiger partial charge in [-0.25, -0.2) is 14.8 Å². The molecule has 2 saturated heterocycles. The van der Waals surface area contributed by atoms with Gasteiger partial charge in [-0.2, -0.15) is 4.99 Å². The average molecular weight is 539 g/mol. The highest BCUT2D eigenvalue weighted by molar-refractivity contribution is 6.31. The third-order valence-electron chi connectivity index (χ3n) is 6.82. The first-order valence-corrected chi connectivity index (χ1v) is 12.5. The molecule has 4 heterocycles. The molecule has 198 valence electrons. The molecule has 1 spiro atoms. The van der Waals surface area contributed by atoms with Crippen molar-refractivity contribution < 1.29 is 14.4 Å². The number of aromatic nitrogens is 3. The Morgan fingerprint density at radius 1 is 1.16 bits per heavy atom. The zero-order chi connectivity index (χ0) is 27.0. The molecule has 38 heavy (non-hydrogen) atoms. The quantitative estimate of drug-likeness (QED) is 0.326. The van der Waals surface area contributed by atoms with E-state index in [1.807, 2.05) is 13.0 Å². The minimum absolute atomic E-state index is 0.0680. The van der Waals surface area contributed by atoms with Crippen molar-refractivity contribution >= 4 is 57.9 Å². The molecule has 3 aromatic rings. The largest absolute Gasteiger partial charge is 0.382 e. The molecule has 2 aromatic heterocycles. The third-order valence-corrected chi connectivity index (χ3v) is 7.09. The number of hydrogen-bond acceptors (Lipinski definition) is 7. The molecule has 1 aromatic carbocycles. The van der Waals surface area contributed by atoms with Gasteiger partial charge in [-0.1, -0.05) is 17.7 Å². The van der Waals surface area contributed by atoms with Crippen LogP contribution in [0.15, 0.2) is 35.5 Å². The molecule has 14 heteroatoms. The Morgan fingerprint density at radius 3 is 2.66 bits per heavy atom. The van der Waals surface area contributed by atoms with E-state index in [1.165, 1.54) is 4.57 Å². The van der Waals surface area contributed by atoms with Gasteiger partial charge in [0.05, 0.1) is 11.1 Å². The van der Waals surface area contributed by atoms with Crippen molar-refractivity contribution in [3.63, 3.8) is 0 Å². The van der Waals surface area contributed by atoms with E-state index in [0.717, 1.165) is 5.39 Å². The molecular weight excluding hydrogens is 512 g/mol. The third kappa shape index (κ3) is 4.56. The molecule has 0 bridgehead atoms. The van der Waals surface area contributed by atoms with Crippen LogP contribution in [-0.2, 0) is 0 Å². The topological polar surface area (TPSA) is 186 Å². The number of carbonyl (C=O) groups excluding carboxylic acids is 3. The van der Waals surface area contributed by atoms with Crippen molar-refractivity contribution in [3.8, 4) is 0 Å². The summed E-state index contributed by atoms with van der Waals surface area (Å²) in [4.78, 5) is 52.0. The maximum atomic E-state index is 13.4. The van der Waals surface area contributed by atoms with Crippen molar-refractivity contribution in [2.75, 3.05) is 37.6 Å². The molecule has 0 saturated carbocycles. The second-order valence-corrected chi connectivity index (χ2v) is 9.57. The summed E-state index contributed by atoms with van der Waals surface area (Å²) in [5, 5.41) is 9.78. The first-order valence-electron chi connectivity index (χ1n) is 12.1. The molecule has 2 fully saturated rings. The normalized spacial score (nSPS) is 17.4. The Bertz CT molecular complexity index is 1480. The van der Waals surface area contributed by atoms with Crippen molar-refractivity contribution in [1.29, 1.82) is 0 Å². The Hall–Kier alpha value is -4.39. The van der Waals surface area contributed by atoms with Crippen LogP contribution in [0.1, 0.15) is 40.6 Å². The van der Waals surface area contributed by atoms with E-state index in [1.54, 1.807) is 29.3 Å². The number of halogens is 1. The van der Waals surface area contributed by atoms with Crippen LogP contribution < -0.4 is 27.4 Å². The van der Waals surface area contributed by atoms with Crippen LogP contribution in [0.5, 0.6) is 0 Å². The molecule has 7 N–H and O–H groups in total. The van der Waals surface area contributed by atoms with E-state index in [4.69, 9.17) is 23.1 Å². The van der Waals surface area contributed by atoms with Gasteiger partial charge in [0.2, 0.25) is 0 Å². The van der Waals surface area contributed by atoms with Gasteiger partial charge in [0.15, 0.2) is 28.4 Å². The number of hydrogen-bond donors (Lipinski definition) is 5. The van der Waals surface area contributed by atoms with E-state index in [0.29, 0.717) is 56.1 Å². The van der Waals surface area contributed by atoms with Crippen molar-refractivity contribution in [3.05, 3.63) is 46.9 Å². The summed E-state index contributed by atoms with van der Waals surface area (Å²) in [5.74, 6) is -0.730. The molecule has 3 amide bonds. The lowest BCUT2D eigenvalue weighted by Gasteiger charge is -2.38. The van der Waals surface area contributed by atoms with E-state index in [-0.39, 0.29) is 40.0 Å². The van der Waals surface area contributed by atoms with E-state index >= 15 is 0 Å². The van der Waals surface area contributed by atoms with Gasteiger partial charge in [0.1, 0.15) is 0 Å². The lowest BCUT2D eigenvalue weighted by atomic mass is 9.88. The molecule has 0 unspecified atom stereocenters. The number of nitrogens with two attached hydrogens (primary N) is 2. The maximum absolute atomic E-state index is 13.4. The number of nitrogens with zero attached hydrogens (tertiary/aromatic N) is 5. The van der Waals surface area contributed by atoms with Crippen LogP contribution >= 0.6 is 11.6 Å². The van der Waals surface area contributed by atoms with E-state index < -0.39 is 5.91 Å². The Kier molecular flexibility index (Phi) is 6.53. The van der Waals surface area contributed by atoms with Crippen LogP contribution in [0, 0.1) is 0 Å². The molecular formula is C24H27ClN10O3. The minimum atomic E-state index is -0.704. The number of benzene rings is 1. The molecule has 2 aliphatic rings. The van der Waals surface area contributed by atoms with Crippen LogP contribution in [0.25, 0.3) is 10.9 Å². The smallest absolute Gasteiger partial charge is 0.326 e. The van der Waals surface area contributed by atoms with Gasteiger partial charge >= 0.3 is 11.9 Å². The standard InChI is InChI=1S/C24H27ClN10O3/c1-2-28-23(38)35-9-6-13-14(4-3-5-15(13)35)21(37)34-10-7-24(8-11-34)12-29-22(33-24)32-20(36)16-18(26)31-19(27)17(25)30-16/h3-6,9H,2,7-8,10-12H2,1H3,(H,28,38)(H4,26,27,31)(H2,29,32,33,36). The summed E-state index contributed by atoms with van der Waals surface area (Å²) in [6.45, 7) is 3.91. The molecule has 0 radical (unpaired) electrons. The number of fused-ring (bicyclic) bond motifs is 1. The van der Waals surface area contributed by atoms with Gasteiger partial charge in [0.25, 0.3) is 5.91 Å². The number of nitrogen functional groups attached to an aromatic ring is 2. The SMILES string of the molecule is CCNC(=O)n1ccc2c(C(=O)N3CCC4(CC3)CN/C(=N\C(=O)c3nc(Cl)c(N)nc3N)N4)cccc21. The predicted molar refractivity (Wildman–Crippen MR) is 143 cm³/mol. The second kappa shape index (κ2) is 9.82. The Morgan fingerprint density at radius 2 is 1.92 bits per heavy atom. The van der Waals surface area contributed by atoms with Crippen LogP contribution in [-0.4, -0.2) is 75.0 Å². The summed E-state index contributed by atoms with van der Waals surface area (Å²) >= 11 is 5.87. The summed E-state index contributed by atoms with van der Waals surface area (Å²) in [5.41, 5.74) is 12.0. The summed E-state index contributed by atoms with van der Waals surface area (Å²) < 4.78 is 1.51. The minimum Gasteiger partial charge on any atom is -0.382 e. The number of piperidine rings is 1. The van der Waals surface area contributed by atoms with E-state index in [9.17, 15) is 14.4 Å². The van der Waals surface area contributed by atoms with Crippen LogP contribution in [0.4, 0.5) is 16.4 Å². The number of anilines is 2. The maximum Gasteiger partial charge on any atom is 0.326 e. The summed E-state index contributed by atoms with van der Waals surface area (Å²) in [6.07, 6.45) is 2.96. The fraction of sp³-hybridized carbons (Fsp3) is 0.333. The number of carbonyl (C=O) groups is 3. The first-order chi connectivity index (χ1) is 18.2. The monoisotopic (exact) mass is 538 g/mol. The van der Waals surface area contributed by atoms with Gasteiger partial charge in [-0.3, -0.25) is 14.2 Å². The lowest BCUT2D eigenvalue weighted by Crippen LogP contribution is -2.53. The zero-order valence-electron chi connectivity index (χ0n) is 20.6. The van der Waals surface area contributed by atoms with Crippen molar-refractivity contribution in [2.45, 2.75) is 25.3 Å². The number of nitrogens with one attached hydrogen (secondary N) is 3. The van der Waals surface area contributed by atoms with Crippen LogP contribution in [0.2, 0.25) is 5.15 Å². The Labute approximate surface area is 222 Å². The second-order valence-electron chi connectivity index (χ2n) is 9.21. The highest BCUT2D eigenvalue weighted by Gasteiger charge is 2.41. The highest BCUT2D eigenvalue weighted by atomic mass is 35.5. The molecule has 0 aliphatic carbocycles. The number of guanidine groups is 1. The fourth-order valence-corrected chi connectivity index (χ4v) is 4.92. The predicted octanol–water partition coefficient (Wildman–Crippen LogP) is 1.19. The number of likely N-dealkylation sites (tertiary alicyclic amines) is 1. The zero-order valence-corrected chi connectivity index (χ0v) is 21.4. The van der Waals surface area contributed by atoms with Crippen molar-refractivity contribution in [2.24, 2.45) is 4.99 Å². The first kappa shape index (κ1) is 25.3. The van der Waals surface area contributed by atoms with Crippen molar-refractivity contribution in [1.82, 2.24) is 35.4 Å². The summed E-state index contributed by atoms with van der Waals surface area (Å²) in [6, 6.07) is 6.93. The number of amides is 3. The number of aliphatic imine (C=N–C) groups is 1. The van der Waals surface area contributed by atoms with Crippen LogP contribution in [0.3, 0.4) is 0 Å².